The Hall–Kier alpha value is -6.67. The Kier molecular flexibility index (Phi) is 14.2. The number of H-pyrrole nitrogens is 1. The molecule has 2 aliphatic rings. The number of likely N-dealkylation sites (tertiary alicyclic amines) is 1. The molecular weight excluding hydrogens is 838 g/mol. The molecule has 0 radical (unpaired) electrons. The van der Waals surface area contributed by atoms with Gasteiger partial charge in [-0.15, -0.1) is 0 Å². The van der Waals surface area contributed by atoms with Gasteiger partial charge in [-0.2, -0.15) is 0 Å². The second-order valence-electron chi connectivity index (χ2n) is 19.9. The fraction of sp³-hybridized carbons (Fsp3) is 0.385. The molecule has 4 aromatic carbocycles. The van der Waals surface area contributed by atoms with Crippen LogP contribution in [0.25, 0.3) is 22.2 Å². The molecule has 13 nitrogen and oxygen atoms in total. The first-order valence-corrected chi connectivity index (χ1v) is 22.7. The highest BCUT2D eigenvalue weighted by Gasteiger charge is 2.35. The van der Waals surface area contributed by atoms with E-state index in [2.05, 4.69) is 31.6 Å². The molecule has 2 fully saturated rings. The van der Waals surface area contributed by atoms with Gasteiger partial charge < -0.3 is 36.5 Å². The van der Waals surface area contributed by atoms with Crippen LogP contribution in [0.2, 0.25) is 0 Å². The molecule has 1 aromatic heterocycles. The van der Waals surface area contributed by atoms with E-state index in [9.17, 15) is 28.8 Å². The van der Waals surface area contributed by atoms with E-state index in [0.717, 1.165) is 6.42 Å². The molecule has 0 spiro atoms. The first-order chi connectivity index (χ1) is 31.3. The summed E-state index contributed by atoms with van der Waals surface area (Å²) in [5.74, 6) is -2.20. The van der Waals surface area contributed by atoms with E-state index in [1.807, 2.05) is 41.5 Å². The number of fused-ring (bicyclic) bond motifs is 1. The fourth-order valence-electron chi connectivity index (χ4n) is 8.64. The van der Waals surface area contributed by atoms with Crippen molar-refractivity contribution in [2.24, 2.45) is 10.8 Å². The SMILES string of the molecule is CC(C)(C)CC(=O)Nc1ccccc1CC(=O)c1cc(-c2[nH]c3ccc(NC(=O)[C@@H]4CCCN4C(=O)Cc4ccccc4NC(=O)CC(C)(C)C)cc3c2F)ccc1NC(=O)[C@@H]1CCCN1. The predicted molar refractivity (Wildman–Crippen MR) is 257 cm³/mol. The standard InChI is InChI=1S/C52H60FN7O6/c1-51(2,3)29-44(62)56-37-15-9-7-13-31(37)26-43(61)35-25-33(19-21-39(35)59-49(65)41-17-11-23-54-41)48-47(53)36-28-34(20-22-40(36)58-48)55-50(66)42-18-12-24-60(42)46(64)27-32-14-8-10-16-38(32)57-45(63)30-52(4,5)6/h7-10,13-16,19-22,25,28,41-42,54,58H,11-12,17-18,23-24,26-27,29-30H2,1-6H3,(H,55,66)(H,56,62)(H,57,63)(H,59,65)/t41-,42-/m0/s1. The number of rotatable bonds is 14. The molecule has 0 bridgehead atoms. The summed E-state index contributed by atoms with van der Waals surface area (Å²) in [5, 5.41) is 15.1. The maximum absolute atomic E-state index is 16.6. The van der Waals surface area contributed by atoms with E-state index in [1.54, 1.807) is 83.8 Å². The second kappa shape index (κ2) is 19.8. The van der Waals surface area contributed by atoms with Gasteiger partial charge in [0.25, 0.3) is 0 Å². The summed E-state index contributed by atoms with van der Waals surface area (Å²) < 4.78 is 16.6. The average Bonchev–Trinajstić information content (AvgIpc) is 4.03. The number of nitrogens with one attached hydrogen (secondary N) is 6. The van der Waals surface area contributed by atoms with Crippen molar-refractivity contribution in [2.75, 3.05) is 34.4 Å². The van der Waals surface area contributed by atoms with Crippen LogP contribution in [-0.2, 0) is 36.8 Å². The van der Waals surface area contributed by atoms with Crippen LogP contribution >= 0.6 is 0 Å². The third kappa shape index (κ3) is 11.8. The van der Waals surface area contributed by atoms with Gasteiger partial charge in [-0.3, -0.25) is 28.8 Å². The Morgan fingerprint density at radius 2 is 1.32 bits per heavy atom. The largest absolute Gasteiger partial charge is 0.352 e. The summed E-state index contributed by atoms with van der Waals surface area (Å²) in [6.45, 7) is 13.0. The number of carbonyl (C=O) groups is 6. The van der Waals surface area contributed by atoms with Gasteiger partial charge in [0.1, 0.15) is 6.04 Å². The van der Waals surface area contributed by atoms with Crippen LogP contribution in [0.3, 0.4) is 0 Å². The maximum Gasteiger partial charge on any atom is 0.247 e. The zero-order chi connectivity index (χ0) is 47.3. The van der Waals surface area contributed by atoms with Crippen molar-refractivity contribution in [3.8, 4) is 11.3 Å². The van der Waals surface area contributed by atoms with E-state index in [4.69, 9.17) is 0 Å². The minimum absolute atomic E-state index is 0.000602. The van der Waals surface area contributed by atoms with E-state index < -0.39 is 23.8 Å². The molecule has 66 heavy (non-hydrogen) atoms. The quantitative estimate of drug-likeness (QED) is 0.0602. The van der Waals surface area contributed by atoms with Crippen LogP contribution in [0.5, 0.6) is 0 Å². The highest BCUT2D eigenvalue weighted by molar-refractivity contribution is 6.08. The lowest BCUT2D eigenvalue weighted by Crippen LogP contribution is -2.43. The summed E-state index contributed by atoms with van der Waals surface area (Å²) in [5.41, 5.74) is 3.56. The molecule has 0 saturated carbocycles. The van der Waals surface area contributed by atoms with Crippen molar-refractivity contribution in [1.29, 1.82) is 0 Å². The van der Waals surface area contributed by atoms with Gasteiger partial charge in [-0.25, -0.2) is 4.39 Å². The highest BCUT2D eigenvalue weighted by Crippen LogP contribution is 2.34. The van der Waals surface area contributed by atoms with Crippen LogP contribution < -0.4 is 26.6 Å². The number of hydrogen-bond acceptors (Lipinski definition) is 7. The van der Waals surface area contributed by atoms with Gasteiger partial charge in [0, 0.05) is 64.9 Å². The van der Waals surface area contributed by atoms with Crippen molar-refractivity contribution >= 4 is 69.0 Å². The minimum Gasteiger partial charge on any atom is -0.352 e. The molecule has 2 aliphatic heterocycles. The minimum atomic E-state index is -0.742. The van der Waals surface area contributed by atoms with Crippen molar-refractivity contribution in [1.82, 2.24) is 15.2 Å². The van der Waals surface area contributed by atoms with Gasteiger partial charge in [0.05, 0.1) is 23.8 Å². The Labute approximate surface area is 385 Å². The molecule has 0 unspecified atom stereocenters. The van der Waals surface area contributed by atoms with Crippen LogP contribution in [-0.4, -0.2) is 70.4 Å². The third-order valence-electron chi connectivity index (χ3n) is 11.8. The number of para-hydroxylation sites is 2. The number of hydrogen-bond donors (Lipinski definition) is 6. The van der Waals surface area contributed by atoms with Crippen LogP contribution in [0.1, 0.15) is 102 Å². The van der Waals surface area contributed by atoms with Gasteiger partial charge in [-0.1, -0.05) is 84.0 Å². The number of aromatic amines is 1. The predicted octanol–water partition coefficient (Wildman–Crippen LogP) is 9.01. The highest BCUT2D eigenvalue weighted by atomic mass is 19.1. The Bertz CT molecular complexity index is 2670. The number of anilines is 4. The summed E-state index contributed by atoms with van der Waals surface area (Å²) in [6.07, 6.45) is 3.09. The number of amides is 5. The lowest BCUT2D eigenvalue weighted by atomic mass is 9.92. The van der Waals surface area contributed by atoms with Crippen LogP contribution in [0.4, 0.5) is 27.1 Å². The van der Waals surface area contributed by atoms with Gasteiger partial charge in [0.15, 0.2) is 11.6 Å². The topological polar surface area (TPSA) is 182 Å². The molecular formula is C52H60FN7O6. The number of nitrogens with zero attached hydrogens (tertiary/aromatic N) is 1. The van der Waals surface area contributed by atoms with Gasteiger partial charge in [0.2, 0.25) is 29.5 Å². The van der Waals surface area contributed by atoms with E-state index in [0.29, 0.717) is 78.0 Å². The van der Waals surface area contributed by atoms with E-state index in [1.165, 1.54) is 6.07 Å². The first-order valence-electron chi connectivity index (χ1n) is 22.7. The molecule has 346 valence electrons. The maximum atomic E-state index is 16.6. The molecule has 6 N–H and O–H groups in total. The van der Waals surface area contributed by atoms with Gasteiger partial charge in [-0.05, 0) is 96.6 Å². The summed E-state index contributed by atoms with van der Waals surface area (Å²) in [7, 11) is 0. The number of benzene rings is 4. The molecule has 14 heteroatoms. The fourth-order valence-corrected chi connectivity index (χ4v) is 8.64. The number of halogens is 1. The molecule has 3 heterocycles. The van der Waals surface area contributed by atoms with Crippen molar-refractivity contribution in [3.63, 3.8) is 0 Å². The molecule has 0 aliphatic carbocycles. The average molecular weight is 898 g/mol. The number of aromatic nitrogens is 1. The zero-order valence-electron chi connectivity index (χ0n) is 38.6. The van der Waals surface area contributed by atoms with E-state index in [-0.39, 0.29) is 81.8 Å². The lowest BCUT2D eigenvalue weighted by Gasteiger charge is -2.25. The molecule has 5 aromatic rings. The smallest absolute Gasteiger partial charge is 0.247 e. The molecule has 5 amide bonds. The van der Waals surface area contributed by atoms with Gasteiger partial charge >= 0.3 is 0 Å². The first kappa shape index (κ1) is 47.3. The normalized spacial score (nSPS) is 16.3. The number of carbonyl (C=O) groups excluding carboxylic acids is 6. The van der Waals surface area contributed by atoms with Crippen LogP contribution in [0, 0.1) is 16.6 Å². The Morgan fingerprint density at radius 3 is 1.94 bits per heavy atom. The van der Waals surface area contributed by atoms with Crippen LogP contribution in [0.15, 0.2) is 84.9 Å². The second-order valence-corrected chi connectivity index (χ2v) is 19.9. The van der Waals surface area contributed by atoms with E-state index >= 15 is 4.39 Å². The molecule has 2 saturated heterocycles. The monoisotopic (exact) mass is 897 g/mol. The zero-order valence-corrected chi connectivity index (χ0v) is 38.6. The van der Waals surface area contributed by atoms with Crippen molar-refractivity contribution in [2.45, 2.75) is 105 Å². The molecule has 2 atom stereocenters. The summed E-state index contributed by atoms with van der Waals surface area (Å²) >= 11 is 0. The van der Waals surface area contributed by atoms with Crippen molar-refractivity contribution in [3.05, 3.63) is 107 Å². The summed E-state index contributed by atoms with van der Waals surface area (Å²) in [6, 6.07) is 22.7. The molecule has 7 rings (SSSR count). The third-order valence-corrected chi connectivity index (χ3v) is 11.8. The summed E-state index contributed by atoms with van der Waals surface area (Å²) in [4.78, 5) is 85.4. The Morgan fingerprint density at radius 1 is 0.682 bits per heavy atom. The number of ketones is 1. The number of Topliss-reactive ketones (excluding diaryl/α,β-unsaturated/α-hetero) is 1. The Balaban J connectivity index is 1.10. The van der Waals surface area contributed by atoms with Crippen molar-refractivity contribution < 1.29 is 33.2 Å². The lowest BCUT2D eigenvalue weighted by molar-refractivity contribution is -0.136.